The van der Waals surface area contributed by atoms with E-state index in [9.17, 15) is 10.1 Å². The first-order chi connectivity index (χ1) is 9.16. The molecule has 0 aliphatic heterocycles. The molecule has 0 radical (unpaired) electrons. The Kier molecular flexibility index (Phi) is 7.10. The highest BCUT2D eigenvalue weighted by Crippen LogP contribution is 2.30. The van der Waals surface area contributed by atoms with Crippen LogP contribution in [0.2, 0.25) is 0 Å². The predicted octanol–water partition coefficient (Wildman–Crippen LogP) is 3.51. The molecule has 6 heteroatoms. The van der Waals surface area contributed by atoms with E-state index in [1.54, 1.807) is 18.2 Å². The van der Waals surface area contributed by atoms with Crippen molar-refractivity contribution in [2.24, 2.45) is 0 Å². The Morgan fingerprint density at radius 3 is 2.74 bits per heavy atom. The summed E-state index contributed by atoms with van der Waals surface area (Å²) < 4.78 is 0. The molecular formula is C13H21N3O2S. The number of para-hydroxylation sites is 1. The zero-order chi connectivity index (χ0) is 14.1. The fourth-order valence-corrected chi connectivity index (χ4v) is 2.35. The Morgan fingerprint density at radius 2 is 2.05 bits per heavy atom. The molecule has 0 amide bonds. The molecule has 0 aromatic heterocycles. The minimum absolute atomic E-state index is 0.0233. The number of hydrogen-bond acceptors (Lipinski definition) is 5. The molecule has 0 unspecified atom stereocenters. The average molecular weight is 283 g/mol. The molecule has 0 aliphatic carbocycles. The van der Waals surface area contributed by atoms with Gasteiger partial charge in [-0.15, -0.1) is 0 Å². The zero-order valence-electron chi connectivity index (χ0n) is 11.2. The summed E-state index contributed by atoms with van der Waals surface area (Å²) in [6.45, 7) is 0.740. The molecule has 1 rings (SSSR count). The van der Waals surface area contributed by atoms with Crippen molar-refractivity contribution in [3.8, 4) is 0 Å². The van der Waals surface area contributed by atoms with Gasteiger partial charge < -0.3 is 11.1 Å². The predicted molar refractivity (Wildman–Crippen MR) is 82.8 cm³/mol. The van der Waals surface area contributed by atoms with Gasteiger partial charge in [0, 0.05) is 6.54 Å². The van der Waals surface area contributed by atoms with Gasteiger partial charge in [0.15, 0.2) is 0 Å². The van der Waals surface area contributed by atoms with Gasteiger partial charge in [-0.25, -0.2) is 0 Å². The van der Waals surface area contributed by atoms with Crippen LogP contribution < -0.4 is 11.1 Å². The molecule has 0 atom stereocenters. The second-order valence-electron chi connectivity index (χ2n) is 4.33. The number of nitrogen functional groups attached to an aromatic ring is 1. The fourth-order valence-electron chi connectivity index (χ4n) is 1.86. The first kappa shape index (κ1) is 15.6. The van der Waals surface area contributed by atoms with Crippen molar-refractivity contribution in [3.05, 3.63) is 28.3 Å². The van der Waals surface area contributed by atoms with Crippen LogP contribution in [0.25, 0.3) is 0 Å². The third kappa shape index (κ3) is 5.38. The Morgan fingerprint density at radius 1 is 1.32 bits per heavy atom. The molecule has 0 fully saturated rings. The largest absolute Gasteiger partial charge is 0.393 e. The van der Waals surface area contributed by atoms with E-state index in [1.165, 1.54) is 18.6 Å². The van der Waals surface area contributed by atoms with Crippen LogP contribution >= 0.6 is 11.8 Å². The van der Waals surface area contributed by atoms with E-state index in [0.717, 1.165) is 19.4 Å². The quantitative estimate of drug-likeness (QED) is 0.314. The van der Waals surface area contributed by atoms with Gasteiger partial charge >= 0.3 is 5.69 Å². The highest BCUT2D eigenvalue weighted by Gasteiger charge is 2.16. The van der Waals surface area contributed by atoms with Crippen molar-refractivity contribution in [3.63, 3.8) is 0 Å². The van der Waals surface area contributed by atoms with E-state index in [2.05, 4.69) is 11.6 Å². The number of nitro groups is 1. The number of hydrogen-bond donors (Lipinski definition) is 2. The van der Waals surface area contributed by atoms with E-state index in [4.69, 9.17) is 5.73 Å². The summed E-state index contributed by atoms with van der Waals surface area (Å²) in [5, 5.41) is 14.0. The molecule has 3 N–H and O–H groups in total. The van der Waals surface area contributed by atoms with E-state index in [1.807, 2.05) is 11.8 Å². The number of thioether (sulfide) groups is 1. The molecule has 5 nitrogen and oxygen atoms in total. The third-order valence-corrected chi connectivity index (χ3v) is 3.54. The van der Waals surface area contributed by atoms with Crippen molar-refractivity contribution in [1.82, 2.24) is 0 Å². The molecule has 0 bridgehead atoms. The average Bonchev–Trinajstić information content (AvgIpc) is 2.37. The van der Waals surface area contributed by atoms with Crippen LogP contribution in [-0.2, 0) is 0 Å². The maximum atomic E-state index is 10.9. The monoisotopic (exact) mass is 283 g/mol. The topological polar surface area (TPSA) is 81.2 Å². The number of unbranched alkanes of at least 4 members (excludes halogenated alkanes) is 3. The Hall–Kier alpha value is -1.43. The Labute approximate surface area is 118 Å². The second-order valence-corrected chi connectivity index (χ2v) is 5.32. The summed E-state index contributed by atoms with van der Waals surface area (Å²) in [5.74, 6) is 1.20. The molecular weight excluding hydrogens is 262 g/mol. The van der Waals surface area contributed by atoms with Crippen LogP contribution in [-0.4, -0.2) is 23.5 Å². The highest BCUT2D eigenvalue weighted by molar-refractivity contribution is 7.98. The van der Waals surface area contributed by atoms with Crippen LogP contribution in [0.5, 0.6) is 0 Å². The molecule has 106 valence electrons. The van der Waals surface area contributed by atoms with Crippen LogP contribution in [0.15, 0.2) is 18.2 Å². The van der Waals surface area contributed by atoms with Crippen LogP contribution in [0, 0.1) is 10.1 Å². The molecule has 0 heterocycles. The van der Waals surface area contributed by atoms with E-state index < -0.39 is 4.92 Å². The van der Waals surface area contributed by atoms with Crippen molar-refractivity contribution in [2.45, 2.75) is 25.7 Å². The lowest BCUT2D eigenvalue weighted by atomic mass is 10.2. The van der Waals surface area contributed by atoms with E-state index in [-0.39, 0.29) is 11.4 Å². The van der Waals surface area contributed by atoms with Crippen LogP contribution in [0.3, 0.4) is 0 Å². The van der Waals surface area contributed by atoms with Gasteiger partial charge in [-0.3, -0.25) is 10.1 Å². The van der Waals surface area contributed by atoms with Crippen molar-refractivity contribution >= 4 is 28.8 Å². The fraction of sp³-hybridized carbons (Fsp3) is 0.538. The number of nitrogens with two attached hydrogens (primary N) is 1. The SMILES string of the molecule is CSCCCCCCNc1cccc(N)c1[N+](=O)[O-]. The molecule has 0 spiro atoms. The van der Waals surface area contributed by atoms with Gasteiger partial charge in [0.1, 0.15) is 11.4 Å². The van der Waals surface area contributed by atoms with Crippen LogP contribution in [0.4, 0.5) is 17.1 Å². The number of nitro benzene ring substituents is 1. The van der Waals surface area contributed by atoms with Gasteiger partial charge in [0.25, 0.3) is 0 Å². The maximum Gasteiger partial charge on any atom is 0.314 e. The first-order valence-electron chi connectivity index (χ1n) is 6.42. The minimum atomic E-state index is -0.434. The van der Waals surface area contributed by atoms with Gasteiger partial charge in [0.2, 0.25) is 0 Å². The maximum absolute atomic E-state index is 10.9. The summed E-state index contributed by atoms with van der Waals surface area (Å²) in [7, 11) is 0. The van der Waals surface area contributed by atoms with E-state index in [0.29, 0.717) is 5.69 Å². The van der Waals surface area contributed by atoms with Crippen molar-refractivity contribution < 1.29 is 4.92 Å². The summed E-state index contributed by atoms with van der Waals surface area (Å²) in [5.41, 5.74) is 6.31. The molecule has 19 heavy (non-hydrogen) atoms. The van der Waals surface area contributed by atoms with Gasteiger partial charge in [-0.1, -0.05) is 18.9 Å². The summed E-state index contributed by atoms with van der Waals surface area (Å²) in [4.78, 5) is 10.5. The Balaban J connectivity index is 2.37. The number of nitrogens with one attached hydrogen (secondary N) is 1. The minimum Gasteiger partial charge on any atom is -0.393 e. The van der Waals surface area contributed by atoms with Gasteiger partial charge in [0.05, 0.1) is 4.92 Å². The summed E-state index contributed by atoms with van der Waals surface area (Å²) in [6.07, 6.45) is 6.71. The third-order valence-electron chi connectivity index (χ3n) is 2.84. The van der Waals surface area contributed by atoms with Gasteiger partial charge in [-0.2, -0.15) is 11.8 Å². The number of anilines is 2. The number of benzene rings is 1. The molecule has 1 aromatic rings. The lowest BCUT2D eigenvalue weighted by molar-refractivity contribution is -0.383. The Bertz CT molecular complexity index is 413. The van der Waals surface area contributed by atoms with Gasteiger partial charge in [-0.05, 0) is 37.0 Å². The molecule has 0 saturated carbocycles. The zero-order valence-corrected chi connectivity index (χ0v) is 12.0. The normalized spacial score (nSPS) is 10.4. The summed E-state index contributed by atoms with van der Waals surface area (Å²) >= 11 is 1.86. The number of rotatable bonds is 9. The molecule has 0 saturated heterocycles. The second kappa shape index (κ2) is 8.63. The number of nitrogens with zero attached hydrogens (tertiary/aromatic N) is 1. The molecule has 1 aromatic carbocycles. The lowest BCUT2D eigenvalue weighted by Crippen LogP contribution is -2.06. The lowest BCUT2D eigenvalue weighted by Gasteiger charge is -2.08. The summed E-state index contributed by atoms with van der Waals surface area (Å²) in [6, 6.07) is 4.97. The van der Waals surface area contributed by atoms with Crippen molar-refractivity contribution in [2.75, 3.05) is 29.6 Å². The van der Waals surface area contributed by atoms with Crippen molar-refractivity contribution in [1.29, 1.82) is 0 Å². The first-order valence-corrected chi connectivity index (χ1v) is 7.82. The smallest absolute Gasteiger partial charge is 0.314 e. The molecule has 0 aliphatic rings. The van der Waals surface area contributed by atoms with E-state index >= 15 is 0 Å². The highest BCUT2D eigenvalue weighted by atomic mass is 32.2. The standard InChI is InChI=1S/C13H21N3O2S/c1-19-10-5-3-2-4-9-15-12-8-6-7-11(14)13(12)16(17)18/h6-8,15H,2-5,9-10,14H2,1H3. The van der Waals surface area contributed by atoms with Crippen LogP contribution in [0.1, 0.15) is 25.7 Å².